The first-order chi connectivity index (χ1) is 10.8. The van der Waals surface area contributed by atoms with Gasteiger partial charge in [0.25, 0.3) is 0 Å². The Balaban J connectivity index is 1.79. The standard InChI is InChI=1S/C17H23N3O2/c1-12(18-2)11-15-19-17(22-20-15)14-9-6-10-21-16(14)13-7-4-3-5-8-13/h3-5,7-8,12,14,16,18H,6,9-11H2,1-2H3. The van der Waals surface area contributed by atoms with Crippen molar-refractivity contribution in [3.63, 3.8) is 0 Å². The maximum Gasteiger partial charge on any atom is 0.232 e. The Hall–Kier alpha value is -1.72. The zero-order valence-electron chi connectivity index (χ0n) is 13.2. The van der Waals surface area contributed by atoms with Gasteiger partial charge in [0.05, 0.1) is 12.0 Å². The van der Waals surface area contributed by atoms with Crippen LogP contribution in [0.1, 0.15) is 49.1 Å². The molecule has 1 fully saturated rings. The molecule has 0 saturated carbocycles. The zero-order valence-corrected chi connectivity index (χ0v) is 13.2. The van der Waals surface area contributed by atoms with E-state index >= 15 is 0 Å². The molecule has 3 unspecified atom stereocenters. The molecule has 1 aliphatic heterocycles. The van der Waals surface area contributed by atoms with E-state index in [-0.39, 0.29) is 12.0 Å². The molecule has 1 aliphatic rings. The van der Waals surface area contributed by atoms with Gasteiger partial charge in [-0.15, -0.1) is 0 Å². The van der Waals surface area contributed by atoms with Gasteiger partial charge in [0.2, 0.25) is 5.89 Å². The van der Waals surface area contributed by atoms with Gasteiger partial charge in [-0.2, -0.15) is 4.98 Å². The number of hydrogen-bond acceptors (Lipinski definition) is 5. The van der Waals surface area contributed by atoms with E-state index in [1.165, 1.54) is 5.56 Å². The maximum atomic E-state index is 6.00. The highest BCUT2D eigenvalue weighted by Crippen LogP contribution is 2.39. The van der Waals surface area contributed by atoms with Crippen molar-refractivity contribution in [2.75, 3.05) is 13.7 Å². The van der Waals surface area contributed by atoms with E-state index in [4.69, 9.17) is 9.26 Å². The van der Waals surface area contributed by atoms with Crippen LogP contribution in [-0.4, -0.2) is 29.8 Å². The third-order valence-electron chi connectivity index (χ3n) is 4.23. The summed E-state index contributed by atoms with van der Waals surface area (Å²) in [4.78, 5) is 4.60. The largest absolute Gasteiger partial charge is 0.373 e. The minimum atomic E-state index is 0.00461. The molecule has 0 bridgehead atoms. The number of hydrogen-bond donors (Lipinski definition) is 1. The third-order valence-corrected chi connectivity index (χ3v) is 4.23. The Morgan fingerprint density at radius 2 is 2.14 bits per heavy atom. The van der Waals surface area contributed by atoms with Crippen LogP contribution in [0.3, 0.4) is 0 Å². The van der Waals surface area contributed by atoms with Crippen LogP contribution < -0.4 is 5.32 Å². The van der Waals surface area contributed by atoms with Crippen LogP contribution in [0, 0.1) is 0 Å². The fraction of sp³-hybridized carbons (Fsp3) is 0.529. The minimum Gasteiger partial charge on any atom is -0.373 e. The van der Waals surface area contributed by atoms with Crippen molar-refractivity contribution in [1.82, 2.24) is 15.5 Å². The second-order valence-corrected chi connectivity index (χ2v) is 5.89. The molecular formula is C17H23N3O2. The van der Waals surface area contributed by atoms with Crippen LogP contribution in [-0.2, 0) is 11.2 Å². The van der Waals surface area contributed by atoms with Gasteiger partial charge in [-0.3, -0.25) is 0 Å². The van der Waals surface area contributed by atoms with E-state index in [0.29, 0.717) is 11.9 Å². The molecule has 3 rings (SSSR count). The fourth-order valence-electron chi connectivity index (χ4n) is 2.88. The molecule has 0 amide bonds. The summed E-state index contributed by atoms with van der Waals surface area (Å²) < 4.78 is 11.5. The second-order valence-electron chi connectivity index (χ2n) is 5.89. The number of nitrogens with zero attached hydrogens (tertiary/aromatic N) is 2. The Labute approximate surface area is 131 Å². The molecule has 1 aromatic carbocycles. The molecule has 2 heterocycles. The quantitative estimate of drug-likeness (QED) is 0.920. The lowest BCUT2D eigenvalue weighted by Crippen LogP contribution is -2.24. The molecule has 0 spiro atoms. The molecule has 0 radical (unpaired) electrons. The molecule has 1 saturated heterocycles. The van der Waals surface area contributed by atoms with Crippen molar-refractivity contribution >= 4 is 0 Å². The van der Waals surface area contributed by atoms with Gasteiger partial charge in [-0.05, 0) is 32.4 Å². The van der Waals surface area contributed by atoms with Gasteiger partial charge in [0.15, 0.2) is 5.82 Å². The average molecular weight is 301 g/mol. The van der Waals surface area contributed by atoms with E-state index in [2.05, 4.69) is 34.5 Å². The summed E-state index contributed by atoms with van der Waals surface area (Å²) in [6.07, 6.45) is 2.82. The van der Waals surface area contributed by atoms with Gasteiger partial charge in [-0.25, -0.2) is 0 Å². The first-order valence-corrected chi connectivity index (χ1v) is 7.94. The van der Waals surface area contributed by atoms with Gasteiger partial charge < -0.3 is 14.6 Å². The van der Waals surface area contributed by atoms with E-state index in [9.17, 15) is 0 Å². The molecule has 3 atom stereocenters. The number of nitrogens with one attached hydrogen (secondary N) is 1. The zero-order chi connectivity index (χ0) is 15.4. The topological polar surface area (TPSA) is 60.2 Å². The first kappa shape index (κ1) is 15.2. The molecule has 5 nitrogen and oxygen atoms in total. The second kappa shape index (κ2) is 7.03. The summed E-state index contributed by atoms with van der Waals surface area (Å²) >= 11 is 0. The van der Waals surface area contributed by atoms with Crippen LogP contribution in [0.15, 0.2) is 34.9 Å². The minimum absolute atomic E-state index is 0.00461. The van der Waals surface area contributed by atoms with E-state index < -0.39 is 0 Å². The number of ether oxygens (including phenoxy) is 1. The van der Waals surface area contributed by atoms with Crippen molar-refractivity contribution < 1.29 is 9.26 Å². The molecular weight excluding hydrogens is 278 g/mol. The molecule has 1 aromatic heterocycles. The predicted octanol–water partition coefficient (Wildman–Crippen LogP) is 2.86. The number of likely N-dealkylation sites (N-methyl/N-ethyl adjacent to an activating group) is 1. The SMILES string of the molecule is CNC(C)Cc1noc(C2CCCOC2c2ccccc2)n1. The van der Waals surface area contributed by atoms with E-state index in [1.54, 1.807) is 0 Å². The van der Waals surface area contributed by atoms with Crippen LogP contribution in [0.25, 0.3) is 0 Å². The average Bonchev–Trinajstić information content (AvgIpc) is 3.04. The molecule has 5 heteroatoms. The number of benzene rings is 1. The summed E-state index contributed by atoms with van der Waals surface area (Å²) in [5, 5.41) is 7.32. The Kier molecular flexibility index (Phi) is 4.85. The summed E-state index contributed by atoms with van der Waals surface area (Å²) in [5.74, 6) is 1.60. The third kappa shape index (κ3) is 3.36. The summed E-state index contributed by atoms with van der Waals surface area (Å²) in [6, 6.07) is 10.6. The Morgan fingerprint density at radius 3 is 2.91 bits per heavy atom. The van der Waals surface area contributed by atoms with Crippen molar-refractivity contribution in [2.45, 2.75) is 44.2 Å². The molecule has 2 aromatic rings. The number of rotatable bonds is 5. The first-order valence-electron chi connectivity index (χ1n) is 7.94. The van der Waals surface area contributed by atoms with Crippen molar-refractivity contribution in [3.05, 3.63) is 47.6 Å². The Morgan fingerprint density at radius 1 is 1.32 bits per heavy atom. The van der Waals surface area contributed by atoms with E-state index in [1.807, 2.05) is 25.2 Å². The smallest absolute Gasteiger partial charge is 0.232 e. The predicted molar refractivity (Wildman–Crippen MR) is 83.6 cm³/mol. The monoisotopic (exact) mass is 301 g/mol. The van der Waals surface area contributed by atoms with Crippen molar-refractivity contribution in [2.24, 2.45) is 0 Å². The van der Waals surface area contributed by atoms with E-state index in [0.717, 1.165) is 31.7 Å². The summed E-state index contributed by atoms with van der Waals surface area (Å²) in [6.45, 7) is 2.89. The lowest BCUT2D eigenvalue weighted by Gasteiger charge is -2.29. The van der Waals surface area contributed by atoms with Gasteiger partial charge in [-0.1, -0.05) is 35.5 Å². The maximum absolute atomic E-state index is 6.00. The number of aromatic nitrogens is 2. The molecule has 22 heavy (non-hydrogen) atoms. The van der Waals surface area contributed by atoms with Gasteiger partial charge in [0.1, 0.15) is 0 Å². The molecule has 1 N–H and O–H groups in total. The van der Waals surface area contributed by atoms with Crippen LogP contribution in [0.5, 0.6) is 0 Å². The molecule has 118 valence electrons. The highest BCUT2D eigenvalue weighted by molar-refractivity contribution is 5.21. The summed E-state index contributed by atoms with van der Waals surface area (Å²) in [7, 11) is 1.94. The van der Waals surface area contributed by atoms with Gasteiger partial charge in [0, 0.05) is 19.1 Å². The normalized spacial score (nSPS) is 23.4. The Bertz CT molecular complexity index is 585. The van der Waals surface area contributed by atoms with Gasteiger partial charge >= 0.3 is 0 Å². The highest BCUT2D eigenvalue weighted by atomic mass is 16.5. The molecule has 0 aliphatic carbocycles. The lowest BCUT2D eigenvalue weighted by atomic mass is 9.89. The van der Waals surface area contributed by atoms with Crippen LogP contribution >= 0.6 is 0 Å². The summed E-state index contributed by atoms with van der Waals surface area (Å²) in [5.41, 5.74) is 1.18. The van der Waals surface area contributed by atoms with Crippen molar-refractivity contribution in [3.8, 4) is 0 Å². The van der Waals surface area contributed by atoms with Crippen molar-refractivity contribution in [1.29, 1.82) is 0 Å². The van der Waals surface area contributed by atoms with Crippen LogP contribution in [0.2, 0.25) is 0 Å². The van der Waals surface area contributed by atoms with Crippen LogP contribution in [0.4, 0.5) is 0 Å². The lowest BCUT2D eigenvalue weighted by molar-refractivity contribution is -0.0103. The highest BCUT2D eigenvalue weighted by Gasteiger charge is 2.33. The fourth-order valence-corrected chi connectivity index (χ4v) is 2.88.